The van der Waals surface area contributed by atoms with Gasteiger partial charge in [0.05, 0.1) is 16.0 Å². The van der Waals surface area contributed by atoms with Gasteiger partial charge in [0.15, 0.2) is 15.1 Å². The van der Waals surface area contributed by atoms with E-state index in [1.807, 2.05) is 6.07 Å². The molecule has 1 aliphatic carbocycles. The van der Waals surface area contributed by atoms with Crippen molar-refractivity contribution in [1.29, 1.82) is 5.26 Å². The van der Waals surface area contributed by atoms with Gasteiger partial charge >= 0.3 is 0 Å². The lowest BCUT2D eigenvalue weighted by Gasteiger charge is -2.21. The SMILES string of the molecule is N#CC(C1CCCCCC1)S(=O)(=O)c1cc(Cl)ccc1Cl. The summed E-state index contributed by atoms with van der Waals surface area (Å²) in [4.78, 5) is -0.0348. The van der Waals surface area contributed by atoms with Crippen molar-refractivity contribution in [2.75, 3.05) is 0 Å². The molecule has 1 aromatic carbocycles. The molecule has 3 nitrogen and oxygen atoms in total. The first-order chi connectivity index (χ1) is 9.96. The molecule has 1 unspecified atom stereocenters. The van der Waals surface area contributed by atoms with E-state index >= 15 is 0 Å². The van der Waals surface area contributed by atoms with Crippen molar-refractivity contribution in [3.05, 3.63) is 28.2 Å². The fourth-order valence-corrected chi connectivity index (χ4v) is 5.37. The standard InChI is InChI=1S/C15H17Cl2NO2S/c16-12-7-8-13(17)14(9-12)21(19,20)15(10-18)11-5-3-1-2-4-6-11/h7-9,11,15H,1-6H2. The van der Waals surface area contributed by atoms with Gasteiger partial charge in [0, 0.05) is 5.02 Å². The first-order valence-corrected chi connectivity index (χ1v) is 9.35. The minimum atomic E-state index is -3.80. The highest BCUT2D eigenvalue weighted by Crippen LogP contribution is 2.34. The Kier molecular flexibility index (Phi) is 5.54. The molecule has 1 saturated carbocycles. The minimum absolute atomic E-state index is 0.0348. The highest BCUT2D eigenvalue weighted by atomic mass is 35.5. The summed E-state index contributed by atoms with van der Waals surface area (Å²) < 4.78 is 25.6. The molecule has 0 heterocycles. The number of sulfone groups is 1. The number of benzene rings is 1. The molecule has 0 spiro atoms. The number of hydrogen-bond donors (Lipinski definition) is 0. The number of nitrogens with zero attached hydrogens (tertiary/aromatic N) is 1. The van der Waals surface area contributed by atoms with Gasteiger partial charge < -0.3 is 0 Å². The lowest BCUT2D eigenvalue weighted by molar-refractivity contribution is 0.459. The van der Waals surface area contributed by atoms with Crippen molar-refractivity contribution in [1.82, 2.24) is 0 Å². The second kappa shape index (κ2) is 7.00. The molecule has 2 rings (SSSR count). The molecular formula is C15H17Cl2NO2S. The molecule has 6 heteroatoms. The zero-order chi connectivity index (χ0) is 15.5. The van der Waals surface area contributed by atoms with Gasteiger partial charge in [-0.15, -0.1) is 0 Å². The number of halogens is 2. The first-order valence-electron chi connectivity index (χ1n) is 7.05. The molecule has 1 aromatic rings. The van der Waals surface area contributed by atoms with Crippen molar-refractivity contribution in [3.63, 3.8) is 0 Å². The van der Waals surface area contributed by atoms with Gasteiger partial charge in [-0.05, 0) is 37.0 Å². The molecule has 0 amide bonds. The molecule has 1 aliphatic rings. The normalized spacial score (nSPS) is 18.7. The van der Waals surface area contributed by atoms with Crippen LogP contribution >= 0.6 is 23.2 Å². The fourth-order valence-electron chi connectivity index (χ4n) is 2.87. The second-order valence-corrected chi connectivity index (χ2v) is 8.30. The van der Waals surface area contributed by atoms with Crippen LogP contribution in [0.25, 0.3) is 0 Å². The molecular weight excluding hydrogens is 329 g/mol. The van der Waals surface area contributed by atoms with Gasteiger partial charge in [0.1, 0.15) is 0 Å². The van der Waals surface area contributed by atoms with Gasteiger partial charge in [-0.3, -0.25) is 0 Å². The van der Waals surface area contributed by atoms with E-state index in [1.54, 1.807) is 0 Å². The van der Waals surface area contributed by atoms with E-state index in [-0.39, 0.29) is 15.8 Å². The molecule has 1 atom stereocenters. The summed E-state index contributed by atoms with van der Waals surface area (Å²) in [6.07, 6.45) is 5.70. The van der Waals surface area contributed by atoms with Gasteiger partial charge in [-0.25, -0.2) is 8.42 Å². The Labute approximate surface area is 135 Å². The highest BCUT2D eigenvalue weighted by Gasteiger charge is 2.36. The Morgan fingerprint density at radius 2 is 1.76 bits per heavy atom. The summed E-state index contributed by atoms with van der Waals surface area (Å²) in [6.45, 7) is 0. The summed E-state index contributed by atoms with van der Waals surface area (Å²) >= 11 is 11.9. The van der Waals surface area contributed by atoms with E-state index in [2.05, 4.69) is 0 Å². The molecule has 114 valence electrons. The van der Waals surface area contributed by atoms with E-state index in [9.17, 15) is 13.7 Å². The van der Waals surface area contributed by atoms with Crippen LogP contribution in [-0.2, 0) is 9.84 Å². The lowest BCUT2D eigenvalue weighted by atomic mass is 9.97. The maximum Gasteiger partial charge on any atom is 0.196 e. The van der Waals surface area contributed by atoms with Crippen molar-refractivity contribution in [3.8, 4) is 6.07 Å². The highest BCUT2D eigenvalue weighted by molar-refractivity contribution is 7.92. The Morgan fingerprint density at radius 3 is 2.33 bits per heavy atom. The maximum atomic E-state index is 12.8. The molecule has 0 aromatic heterocycles. The Morgan fingerprint density at radius 1 is 1.14 bits per heavy atom. The van der Waals surface area contributed by atoms with E-state index in [0.29, 0.717) is 5.02 Å². The predicted octanol–water partition coefficient (Wildman–Crippen LogP) is 4.63. The number of hydrogen-bond acceptors (Lipinski definition) is 3. The van der Waals surface area contributed by atoms with Crippen molar-refractivity contribution >= 4 is 33.0 Å². The summed E-state index contributed by atoms with van der Waals surface area (Å²) in [5, 5.41) is 8.79. The van der Waals surface area contributed by atoms with Gasteiger partial charge in [0.2, 0.25) is 0 Å². The smallest absolute Gasteiger partial charge is 0.196 e. The fraction of sp³-hybridized carbons (Fsp3) is 0.533. The third-order valence-corrected chi connectivity index (χ3v) is 6.78. The van der Waals surface area contributed by atoms with Crippen LogP contribution < -0.4 is 0 Å². The van der Waals surface area contributed by atoms with Crippen LogP contribution in [0.2, 0.25) is 10.0 Å². The van der Waals surface area contributed by atoms with Crippen molar-refractivity contribution in [2.45, 2.75) is 48.7 Å². The average Bonchev–Trinajstić information content (AvgIpc) is 2.71. The van der Waals surface area contributed by atoms with Crippen LogP contribution in [0.4, 0.5) is 0 Å². The molecule has 0 saturated heterocycles. The number of rotatable bonds is 3. The number of nitriles is 1. The monoisotopic (exact) mass is 345 g/mol. The quantitative estimate of drug-likeness (QED) is 0.750. The molecule has 0 N–H and O–H groups in total. The van der Waals surface area contributed by atoms with Crippen molar-refractivity contribution < 1.29 is 8.42 Å². The van der Waals surface area contributed by atoms with E-state index in [0.717, 1.165) is 38.5 Å². The maximum absolute atomic E-state index is 12.8. The van der Waals surface area contributed by atoms with Crippen LogP contribution in [0.3, 0.4) is 0 Å². The minimum Gasteiger partial charge on any atom is -0.222 e. The molecule has 21 heavy (non-hydrogen) atoms. The zero-order valence-corrected chi connectivity index (χ0v) is 13.9. The average molecular weight is 346 g/mol. The summed E-state index contributed by atoms with van der Waals surface area (Å²) in [5.74, 6) is -0.127. The van der Waals surface area contributed by atoms with Crippen LogP contribution in [0.5, 0.6) is 0 Å². The lowest BCUT2D eigenvalue weighted by Crippen LogP contribution is -2.28. The summed E-state index contributed by atoms with van der Waals surface area (Å²) in [6, 6.07) is 6.32. The zero-order valence-electron chi connectivity index (χ0n) is 11.6. The largest absolute Gasteiger partial charge is 0.222 e. The van der Waals surface area contributed by atoms with E-state index in [1.165, 1.54) is 18.2 Å². The molecule has 1 fully saturated rings. The Hall–Kier alpha value is -0.760. The molecule has 0 bridgehead atoms. The van der Waals surface area contributed by atoms with Crippen LogP contribution in [0, 0.1) is 17.2 Å². The van der Waals surface area contributed by atoms with Gasteiger partial charge in [-0.1, -0.05) is 48.9 Å². The second-order valence-electron chi connectivity index (χ2n) is 5.42. The summed E-state index contributed by atoms with van der Waals surface area (Å²) in [7, 11) is -3.80. The van der Waals surface area contributed by atoms with Gasteiger partial charge in [0.25, 0.3) is 0 Å². The summed E-state index contributed by atoms with van der Waals surface area (Å²) in [5.41, 5.74) is 0. The predicted molar refractivity (Wildman–Crippen MR) is 84.2 cm³/mol. The Balaban J connectivity index is 2.40. The van der Waals surface area contributed by atoms with E-state index in [4.69, 9.17) is 23.2 Å². The van der Waals surface area contributed by atoms with Crippen molar-refractivity contribution in [2.24, 2.45) is 5.92 Å². The van der Waals surface area contributed by atoms with Crippen LogP contribution in [0.15, 0.2) is 23.1 Å². The van der Waals surface area contributed by atoms with E-state index < -0.39 is 15.1 Å². The topological polar surface area (TPSA) is 57.9 Å². The van der Waals surface area contributed by atoms with Gasteiger partial charge in [-0.2, -0.15) is 5.26 Å². The van der Waals surface area contributed by atoms with Crippen LogP contribution in [-0.4, -0.2) is 13.7 Å². The first kappa shape index (κ1) is 16.6. The van der Waals surface area contributed by atoms with Crippen LogP contribution in [0.1, 0.15) is 38.5 Å². The third kappa shape index (κ3) is 3.71. The Bertz CT molecular complexity index is 644. The molecule has 0 aliphatic heterocycles. The third-order valence-electron chi connectivity index (χ3n) is 3.99. The molecule has 0 radical (unpaired) electrons.